The lowest BCUT2D eigenvalue weighted by Gasteiger charge is -2.36. The number of ether oxygens (including phenoxy) is 1. The molecule has 2 unspecified atom stereocenters. The Balaban J connectivity index is 2.11. The van der Waals surface area contributed by atoms with Crippen molar-refractivity contribution in [1.82, 2.24) is 4.90 Å². The molecule has 0 aromatic heterocycles. The Morgan fingerprint density at radius 2 is 2.05 bits per heavy atom. The van der Waals surface area contributed by atoms with Gasteiger partial charge in [-0.2, -0.15) is 0 Å². The van der Waals surface area contributed by atoms with Gasteiger partial charge in [-0.15, -0.1) is 0 Å². The number of hydrogen-bond donors (Lipinski definition) is 1. The number of benzene rings is 1. The van der Waals surface area contributed by atoms with Crippen LogP contribution in [-0.4, -0.2) is 25.1 Å². The average molecular weight is 276 g/mol. The van der Waals surface area contributed by atoms with Gasteiger partial charge in [0.25, 0.3) is 0 Å². The summed E-state index contributed by atoms with van der Waals surface area (Å²) in [6.45, 7) is 3.90. The molecule has 0 heterocycles. The molecule has 0 spiro atoms. The molecule has 20 heavy (non-hydrogen) atoms. The molecule has 1 aliphatic carbocycles. The van der Waals surface area contributed by atoms with Crippen molar-refractivity contribution in [3.8, 4) is 5.75 Å². The maximum atomic E-state index is 5.75. The van der Waals surface area contributed by atoms with Crippen LogP contribution in [0.25, 0.3) is 0 Å². The Morgan fingerprint density at radius 1 is 1.30 bits per heavy atom. The minimum Gasteiger partial charge on any atom is -0.496 e. The Morgan fingerprint density at radius 3 is 2.70 bits per heavy atom. The Bertz CT molecular complexity index is 433. The van der Waals surface area contributed by atoms with Crippen LogP contribution in [0.4, 0.5) is 0 Å². The van der Waals surface area contributed by atoms with Crippen LogP contribution < -0.4 is 10.5 Å². The summed E-state index contributed by atoms with van der Waals surface area (Å²) in [7, 11) is 3.98. The van der Waals surface area contributed by atoms with Crippen molar-refractivity contribution in [3.63, 3.8) is 0 Å². The smallest absolute Gasteiger partial charge is 0.123 e. The predicted molar refractivity (Wildman–Crippen MR) is 83.8 cm³/mol. The van der Waals surface area contributed by atoms with E-state index in [2.05, 4.69) is 24.9 Å². The molecule has 2 rings (SSSR count). The SMILES string of the molecule is COc1ccc(CN)cc1CN(C)C1CCCCC1C. The number of nitrogens with zero attached hydrogens (tertiary/aromatic N) is 1. The molecule has 1 aromatic carbocycles. The molecule has 0 bridgehead atoms. The maximum absolute atomic E-state index is 5.75. The van der Waals surface area contributed by atoms with E-state index in [0.717, 1.165) is 18.2 Å². The zero-order valence-electron chi connectivity index (χ0n) is 13.1. The summed E-state index contributed by atoms with van der Waals surface area (Å²) >= 11 is 0. The second kappa shape index (κ2) is 7.09. The van der Waals surface area contributed by atoms with Crippen molar-refractivity contribution < 1.29 is 4.74 Å². The fraction of sp³-hybridized carbons (Fsp3) is 0.647. The highest BCUT2D eigenvalue weighted by Crippen LogP contribution is 2.29. The Labute approximate surface area is 123 Å². The van der Waals surface area contributed by atoms with Crippen LogP contribution in [0, 0.1) is 5.92 Å². The predicted octanol–water partition coefficient (Wildman–Crippen LogP) is 3.16. The standard InChI is InChI=1S/C17H28N2O/c1-13-6-4-5-7-16(13)19(2)12-15-10-14(11-18)8-9-17(15)20-3/h8-10,13,16H,4-7,11-12,18H2,1-3H3. The molecule has 112 valence electrons. The third-order valence-electron chi connectivity index (χ3n) is 4.63. The molecule has 1 saturated carbocycles. The molecule has 0 aliphatic heterocycles. The van der Waals surface area contributed by atoms with E-state index in [1.54, 1.807) is 7.11 Å². The van der Waals surface area contributed by atoms with Gasteiger partial charge < -0.3 is 10.5 Å². The fourth-order valence-electron chi connectivity index (χ4n) is 3.42. The number of hydrogen-bond acceptors (Lipinski definition) is 3. The first-order valence-corrected chi connectivity index (χ1v) is 7.71. The molecule has 1 aromatic rings. The van der Waals surface area contributed by atoms with E-state index in [1.165, 1.54) is 36.8 Å². The van der Waals surface area contributed by atoms with Crippen molar-refractivity contribution in [3.05, 3.63) is 29.3 Å². The Hall–Kier alpha value is -1.06. The van der Waals surface area contributed by atoms with Crippen LogP contribution in [0.3, 0.4) is 0 Å². The maximum Gasteiger partial charge on any atom is 0.123 e. The topological polar surface area (TPSA) is 38.5 Å². The molecular formula is C17H28N2O. The third-order valence-corrected chi connectivity index (χ3v) is 4.63. The van der Waals surface area contributed by atoms with Gasteiger partial charge in [-0.1, -0.05) is 25.8 Å². The van der Waals surface area contributed by atoms with Crippen LogP contribution in [-0.2, 0) is 13.1 Å². The second-order valence-corrected chi connectivity index (χ2v) is 6.09. The third kappa shape index (κ3) is 3.53. The van der Waals surface area contributed by atoms with Gasteiger partial charge in [0.1, 0.15) is 5.75 Å². The summed E-state index contributed by atoms with van der Waals surface area (Å²) < 4.78 is 5.49. The number of rotatable bonds is 5. The van der Waals surface area contributed by atoms with Crippen molar-refractivity contribution in [2.75, 3.05) is 14.2 Å². The van der Waals surface area contributed by atoms with Crippen molar-refractivity contribution in [1.29, 1.82) is 0 Å². The van der Waals surface area contributed by atoms with Gasteiger partial charge in [0.15, 0.2) is 0 Å². The molecule has 3 nitrogen and oxygen atoms in total. The molecule has 0 radical (unpaired) electrons. The van der Waals surface area contributed by atoms with Crippen LogP contribution in [0.5, 0.6) is 5.75 Å². The van der Waals surface area contributed by atoms with E-state index in [9.17, 15) is 0 Å². The Kier molecular flexibility index (Phi) is 5.44. The highest BCUT2D eigenvalue weighted by Gasteiger charge is 2.25. The summed E-state index contributed by atoms with van der Waals surface area (Å²) in [5.41, 5.74) is 8.17. The minimum absolute atomic E-state index is 0.584. The summed E-state index contributed by atoms with van der Waals surface area (Å²) in [5.74, 6) is 1.76. The van der Waals surface area contributed by atoms with E-state index >= 15 is 0 Å². The first kappa shape index (κ1) is 15.3. The summed E-state index contributed by atoms with van der Waals surface area (Å²) in [6, 6.07) is 6.96. The van der Waals surface area contributed by atoms with Gasteiger partial charge in [-0.05, 0) is 43.5 Å². The highest BCUT2D eigenvalue weighted by atomic mass is 16.5. The van der Waals surface area contributed by atoms with Gasteiger partial charge in [0.05, 0.1) is 7.11 Å². The van der Waals surface area contributed by atoms with E-state index < -0.39 is 0 Å². The largest absolute Gasteiger partial charge is 0.496 e. The molecule has 2 atom stereocenters. The van der Waals surface area contributed by atoms with E-state index in [-0.39, 0.29) is 0 Å². The van der Waals surface area contributed by atoms with Gasteiger partial charge in [0, 0.05) is 24.7 Å². The first-order chi connectivity index (χ1) is 9.65. The van der Waals surface area contributed by atoms with Gasteiger partial charge in [-0.25, -0.2) is 0 Å². The summed E-state index contributed by atoms with van der Waals surface area (Å²) in [5, 5.41) is 0. The summed E-state index contributed by atoms with van der Waals surface area (Å²) in [4.78, 5) is 2.49. The molecule has 2 N–H and O–H groups in total. The lowest BCUT2D eigenvalue weighted by atomic mass is 9.85. The highest BCUT2D eigenvalue weighted by molar-refractivity contribution is 5.37. The average Bonchev–Trinajstić information content (AvgIpc) is 2.47. The van der Waals surface area contributed by atoms with Gasteiger partial charge in [-0.3, -0.25) is 4.90 Å². The molecule has 0 saturated heterocycles. The molecule has 1 aliphatic rings. The first-order valence-electron chi connectivity index (χ1n) is 7.71. The quantitative estimate of drug-likeness (QED) is 0.897. The monoisotopic (exact) mass is 276 g/mol. The lowest BCUT2D eigenvalue weighted by Crippen LogP contribution is -2.38. The van der Waals surface area contributed by atoms with Crippen molar-refractivity contribution >= 4 is 0 Å². The van der Waals surface area contributed by atoms with Crippen molar-refractivity contribution in [2.24, 2.45) is 11.7 Å². The lowest BCUT2D eigenvalue weighted by molar-refractivity contribution is 0.132. The van der Waals surface area contributed by atoms with Gasteiger partial charge >= 0.3 is 0 Å². The zero-order valence-corrected chi connectivity index (χ0v) is 13.1. The van der Waals surface area contributed by atoms with E-state index in [4.69, 9.17) is 10.5 Å². The van der Waals surface area contributed by atoms with Crippen LogP contribution in [0.15, 0.2) is 18.2 Å². The molecular weight excluding hydrogens is 248 g/mol. The minimum atomic E-state index is 0.584. The summed E-state index contributed by atoms with van der Waals surface area (Å²) in [6.07, 6.45) is 5.42. The molecule has 0 amide bonds. The number of nitrogens with two attached hydrogens (primary N) is 1. The number of methoxy groups -OCH3 is 1. The van der Waals surface area contributed by atoms with Crippen LogP contribution in [0.2, 0.25) is 0 Å². The normalized spacial score (nSPS) is 23.1. The van der Waals surface area contributed by atoms with Crippen molar-refractivity contribution in [2.45, 2.75) is 51.7 Å². The second-order valence-electron chi connectivity index (χ2n) is 6.09. The molecule has 1 fully saturated rings. The van der Waals surface area contributed by atoms with Crippen LogP contribution >= 0.6 is 0 Å². The van der Waals surface area contributed by atoms with Gasteiger partial charge in [0.2, 0.25) is 0 Å². The zero-order chi connectivity index (χ0) is 14.5. The fourth-order valence-corrected chi connectivity index (χ4v) is 3.42. The molecule has 3 heteroatoms. The van der Waals surface area contributed by atoms with E-state index in [1.807, 2.05) is 12.1 Å². The van der Waals surface area contributed by atoms with E-state index in [0.29, 0.717) is 12.6 Å². The van der Waals surface area contributed by atoms with Crippen LogP contribution in [0.1, 0.15) is 43.7 Å².